The Hall–Kier alpha value is -3.42. The van der Waals surface area contributed by atoms with Crippen molar-refractivity contribution in [2.75, 3.05) is 7.11 Å². The number of carbonyl (C=O) groups is 2. The van der Waals surface area contributed by atoms with E-state index in [1.54, 1.807) is 6.07 Å². The van der Waals surface area contributed by atoms with Gasteiger partial charge in [-0.2, -0.15) is 0 Å². The lowest BCUT2D eigenvalue weighted by atomic mass is 10.1. The highest BCUT2D eigenvalue weighted by Crippen LogP contribution is 2.16. The van der Waals surface area contributed by atoms with Crippen molar-refractivity contribution >= 4 is 23.6 Å². The van der Waals surface area contributed by atoms with Crippen LogP contribution in [0.4, 0.5) is 5.69 Å². The Labute approximate surface area is 130 Å². The molecule has 0 radical (unpaired) electrons. The number of hydrogen-bond acceptors (Lipinski definition) is 6. The number of nitrogens with one attached hydrogen (secondary N) is 1. The molecule has 0 bridgehead atoms. The van der Waals surface area contributed by atoms with Gasteiger partial charge in [0.15, 0.2) is 5.76 Å². The molecule has 23 heavy (non-hydrogen) atoms. The number of benzene rings is 1. The van der Waals surface area contributed by atoms with Crippen LogP contribution in [0.25, 0.3) is 6.08 Å². The Balaban J connectivity index is 2.31. The molecule has 118 valence electrons. The molecule has 0 unspecified atom stereocenters. The quantitative estimate of drug-likeness (QED) is 0.391. The molecular formula is C15H12N2O6. The van der Waals surface area contributed by atoms with Crippen LogP contribution in [0.3, 0.4) is 0 Å². The van der Waals surface area contributed by atoms with Gasteiger partial charge < -0.3 is 14.5 Å². The van der Waals surface area contributed by atoms with E-state index < -0.39 is 16.8 Å². The summed E-state index contributed by atoms with van der Waals surface area (Å²) in [6.07, 6.45) is 2.59. The Kier molecular flexibility index (Phi) is 4.88. The molecule has 0 saturated carbocycles. The summed E-state index contributed by atoms with van der Waals surface area (Å²) in [7, 11) is 1.16. The zero-order valence-corrected chi connectivity index (χ0v) is 12.0. The number of hydrogen-bond donors (Lipinski definition) is 1. The summed E-state index contributed by atoms with van der Waals surface area (Å²) in [6, 6.07) is 8.55. The van der Waals surface area contributed by atoms with Crippen LogP contribution >= 0.6 is 0 Å². The van der Waals surface area contributed by atoms with Gasteiger partial charge in [0.1, 0.15) is 5.70 Å². The molecule has 1 aromatic heterocycles. The Morgan fingerprint density at radius 2 is 2.09 bits per heavy atom. The van der Waals surface area contributed by atoms with Crippen molar-refractivity contribution in [1.29, 1.82) is 0 Å². The third-order valence-electron chi connectivity index (χ3n) is 2.79. The molecular weight excluding hydrogens is 304 g/mol. The summed E-state index contributed by atoms with van der Waals surface area (Å²) in [4.78, 5) is 33.9. The molecule has 0 atom stereocenters. The minimum atomic E-state index is -0.795. The first-order chi connectivity index (χ1) is 11.0. The highest BCUT2D eigenvalue weighted by atomic mass is 16.6. The van der Waals surface area contributed by atoms with Crippen LogP contribution in [0.1, 0.15) is 16.1 Å². The van der Waals surface area contributed by atoms with E-state index in [1.165, 1.54) is 42.7 Å². The molecule has 0 aliphatic rings. The van der Waals surface area contributed by atoms with Gasteiger partial charge in [-0.3, -0.25) is 14.9 Å². The van der Waals surface area contributed by atoms with Crippen LogP contribution in [-0.4, -0.2) is 23.9 Å². The van der Waals surface area contributed by atoms with Gasteiger partial charge in [0.25, 0.3) is 11.6 Å². The van der Waals surface area contributed by atoms with Crippen LogP contribution < -0.4 is 5.32 Å². The number of amides is 1. The summed E-state index contributed by atoms with van der Waals surface area (Å²) < 4.78 is 9.52. The number of esters is 1. The maximum atomic E-state index is 11.9. The Morgan fingerprint density at radius 1 is 1.30 bits per heavy atom. The third-order valence-corrected chi connectivity index (χ3v) is 2.79. The molecule has 0 spiro atoms. The predicted octanol–water partition coefficient (Wildman–Crippen LogP) is 2.13. The van der Waals surface area contributed by atoms with Gasteiger partial charge in [0.2, 0.25) is 0 Å². The van der Waals surface area contributed by atoms with E-state index in [4.69, 9.17) is 4.42 Å². The fraction of sp³-hybridized carbons (Fsp3) is 0.0667. The van der Waals surface area contributed by atoms with Crippen molar-refractivity contribution in [1.82, 2.24) is 5.32 Å². The lowest BCUT2D eigenvalue weighted by Gasteiger charge is -2.07. The lowest BCUT2D eigenvalue weighted by Crippen LogP contribution is -2.27. The molecule has 0 fully saturated rings. The van der Waals surface area contributed by atoms with Crippen LogP contribution in [-0.2, 0) is 9.53 Å². The smallest absolute Gasteiger partial charge is 0.354 e. The minimum absolute atomic E-state index is 0.0128. The molecule has 0 aliphatic heterocycles. The van der Waals surface area contributed by atoms with Crippen LogP contribution in [0, 0.1) is 10.1 Å². The third kappa shape index (κ3) is 4.03. The van der Waals surface area contributed by atoms with E-state index >= 15 is 0 Å². The van der Waals surface area contributed by atoms with Gasteiger partial charge in [-0.05, 0) is 23.8 Å². The summed E-state index contributed by atoms with van der Waals surface area (Å²) >= 11 is 0. The van der Waals surface area contributed by atoms with Crippen molar-refractivity contribution < 1.29 is 23.7 Å². The van der Waals surface area contributed by atoms with Gasteiger partial charge in [-0.1, -0.05) is 12.1 Å². The number of non-ortho nitro benzene ring substituents is 1. The summed E-state index contributed by atoms with van der Waals surface area (Å²) in [5.41, 5.74) is 0.0501. The van der Waals surface area contributed by atoms with Gasteiger partial charge in [0, 0.05) is 12.1 Å². The van der Waals surface area contributed by atoms with Gasteiger partial charge in [-0.15, -0.1) is 0 Å². The Morgan fingerprint density at radius 3 is 2.70 bits per heavy atom. The van der Waals surface area contributed by atoms with E-state index in [0.717, 1.165) is 7.11 Å². The van der Waals surface area contributed by atoms with Gasteiger partial charge in [0.05, 0.1) is 18.3 Å². The summed E-state index contributed by atoms with van der Waals surface area (Å²) in [6.45, 7) is 0. The van der Waals surface area contributed by atoms with Gasteiger partial charge >= 0.3 is 5.97 Å². The molecule has 1 heterocycles. The zero-order chi connectivity index (χ0) is 16.8. The Bertz CT molecular complexity index is 764. The topological polar surface area (TPSA) is 112 Å². The van der Waals surface area contributed by atoms with Crippen molar-refractivity contribution in [3.8, 4) is 0 Å². The van der Waals surface area contributed by atoms with E-state index in [1.807, 2.05) is 0 Å². The molecule has 8 heteroatoms. The number of ether oxygens (including phenoxy) is 1. The highest BCUT2D eigenvalue weighted by molar-refractivity contribution is 6.02. The second kappa shape index (κ2) is 7.03. The van der Waals surface area contributed by atoms with Crippen molar-refractivity contribution in [2.24, 2.45) is 0 Å². The molecule has 1 amide bonds. The molecule has 2 rings (SSSR count). The maximum Gasteiger partial charge on any atom is 0.354 e. The van der Waals surface area contributed by atoms with Crippen molar-refractivity contribution in [2.45, 2.75) is 0 Å². The van der Waals surface area contributed by atoms with E-state index in [0.29, 0.717) is 5.56 Å². The van der Waals surface area contributed by atoms with Crippen LogP contribution in [0.15, 0.2) is 52.8 Å². The zero-order valence-electron chi connectivity index (χ0n) is 12.0. The fourth-order valence-electron chi connectivity index (χ4n) is 1.74. The average Bonchev–Trinajstić information content (AvgIpc) is 3.08. The first-order valence-electron chi connectivity index (χ1n) is 6.40. The number of nitro benzene ring substituents is 1. The summed E-state index contributed by atoms with van der Waals surface area (Å²) in [5, 5.41) is 13.1. The minimum Gasteiger partial charge on any atom is -0.464 e. The van der Waals surface area contributed by atoms with Crippen LogP contribution in [0.2, 0.25) is 0 Å². The fourth-order valence-corrected chi connectivity index (χ4v) is 1.74. The second-order valence-corrected chi connectivity index (χ2v) is 4.33. The second-order valence-electron chi connectivity index (χ2n) is 4.33. The molecule has 1 N–H and O–H groups in total. The van der Waals surface area contributed by atoms with Crippen molar-refractivity contribution in [3.05, 3.63) is 69.8 Å². The normalized spacial score (nSPS) is 10.9. The summed E-state index contributed by atoms with van der Waals surface area (Å²) in [5.74, 6) is -1.42. The number of furan rings is 1. The molecule has 8 nitrogen and oxygen atoms in total. The first-order valence-corrected chi connectivity index (χ1v) is 6.40. The van der Waals surface area contributed by atoms with E-state index in [9.17, 15) is 19.7 Å². The van der Waals surface area contributed by atoms with Gasteiger partial charge in [-0.25, -0.2) is 4.79 Å². The number of nitro groups is 1. The van der Waals surface area contributed by atoms with Crippen LogP contribution in [0.5, 0.6) is 0 Å². The first kappa shape index (κ1) is 16.0. The highest BCUT2D eigenvalue weighted by Gasteiger charge is 2.17. The largest absolute Gasteiger partial charge is 0.464 e. The predicted molar refractivity (Wildman–Crippen MR) is 79.3 cm³/mol. The average molecular weight is 316 g/mol. The maximum absolute atomic E-state index is 11.9. The lowest BCUT2D eigenvalue weighted by molar-refractivity contribution is -0.384. The standard InChI is InChI=1S/C15H12N2O6/c1-22-15(19)12(16-14(18)13-6-3-7-23-13)9-10-4-2-5-11(8-10)17(20)21/h2-9H,1H3,(H,16,18)/b12-9+. The van der Waals surface area contributed by atoms with E-state index in [2.05, 4.69) is 10.1 Å². The molecule has 2 aromatic rings. The van der Waals surface area contributed by atoms with E-state index in [-0.39, 0.29) is 17.1 Å². The molecule has 0 aliphatic carbocycles. The van der Waals surface area contributed by atoms with Crippen molar-refractivity contribution in [3.63, 3.8) is 0 Å². The number of rotatable bonds is 5. The number of nitrogens with zero attached hydrogens (tertiary/aromatic N) is 1. The molecule has 0 saturated heterocycles. The molecule has 1 aromatic carbocycles. The SMILES string of the molecule is COC(=O)/C(=C\c1cccc([N+](=O)[O-])c1)NC(=O)c1ccco1. The number of carbonyl (C=O) groups excluding carboxylic acids is 2. The number of methoxy groups -OCH3 is 1. The monoisotopic (exact) mass is 316 g/mol.